The molecule has 0 saturated carbocycles. The number of rotatable bonds is 7. The summed E-state index contributed by atoms with van der Waals surface area (Å²) in [7, 11) is 0. The van der Waals surface area contributed by atoms with Gasteiger partial charge in [0.25, 0.3) is 11.8 Å². The summed E-state index contributed by atoms with van der Waals surface area (Å²) in [4.78, 5) is 36.6. The lowest BCUT2D eigenvalue weighted by atomic mass is 9.98. The van der Waals surface area contributed by atoms with Gasteiger partial charge in [0, 0.05) is 29.0 Å². The molecule has 0 saturated heterocycles. The molecule has 0 fully saturated rings. The van der Waals surface area contributed by atoms with Gasteiger partial charge in [-0.05, 0) is 48.4 Å². The van der Waals surface area contributed by atoms with Crippen molar-refractivity contribution in [2.45, 2.75) is 13.3 Å². The van der Waals surface area contributed by atoms with Crippen LogP contribution in [0, 0.1) is 0 Å². The Morgan fingerprint density at radius 1 is 0.909 bits per heavy atom. The molecule has 166 valence electrons. The first-order valence-electron chi connectivity index (χ1n) is 10.6. The van der Waals surface area contributed by atoms with Crippen LogP contribution in [0.25, 0.3) is 11.3 Å². The molecular formula is C26H23N3O4. The molecule has 0 atom stereocenters. The van der Waals surface area contributed by atoms with E-state index in [2.05, 4.69) is 16.0 Å². The zero-order chi connectivity index (χ0) is 23.4. The Morgan fingerprint density at radius 3 is 2.27 bits per heavy atom. The number of carboxylic acids is 1. The molecule has 4 N–H and O–H groups in total. The lowest BCUT2D eigenvalue weighted by Crippen LogP contribution is -2.23. The molecule has 0 bridgehead atoms. The SMILES string of the molecule is CCCNC(=O)c1ccc2c(c1)NC(=O)/C2=C(\Nc1ccc(C(=O)O)cc1)c1ccccc1. The predicted octanol–water partition coefficient (Wildman–Crippen LogP) is 4.46. The lowest BCUT2D eigenvalue weighted by Gasteiger charge is -2.15. The second-order valence-electron chi connectivity index (χ2n) is 7.59. The van der Waals surface area contributed by atoms with Gasteiger partial charge in [-0.25, -0.2) is 4.79 Å². The summed E-state index contributed by atoms with van der Waals surface area (Å²) in [5, 5.41) is 18.1. The molecule has 1 aliphatic rings. The van der Waals surface area contributed by atoms with E-state index in [-0.39, 0.29) is 17.4 Å². The summed E-state index contributed by atoms with van der Waals surface area (Å²) >= 11 is 0. The molecule has 3 aromatic rings. The summed E-state index contributed by atoms with van der Waals surface area (Å²) in [6, 6.07) is 20.9. The van der Waals surface area contributed by atoms with E-state index in [4.69, 9.17) is 5.11 Å². The summed E-state index contributed by atoms with van der Waals surface area (Å²) < 4.78 is 0. The number of hydrogen-bond donors (Lipinski definition) is 4. The van der Waals surface area contributed by atoms with Gasteiger partial charge in [-0.3, -0.25) is 9.59 Å². The molecule has 0 aromatic heterocycles. The minimum Gasteiger partial charge on any atom is -0.478 e. The molecule has 7 heteroatoms. The van der Waals surface area contributed by atoms with Crippen LogP contribution in [-0.4, -0.2) is 29.4 Å². The average molecular weight is 441 g/mol. The maximum absolute atomic E-state index is 13.0. The molecule has 2 amide bonds. The van der Waals surface area contributed by atoms with Gasteiger partial charge < -0.3 is 21.1 Å². The highest BCUT2D eigenvalue weighted by Gasteiger charge is 2.29. The molecule has 0 radical (unpaired) electrons. The van der Waals surface area contributed by atoms with E-state index in [1.807, 2.05) is 37.3 Å². The topological polar surface area (TPSA) is 108 Å². The van der Waals surface area contributed by atoms with Gasteiger partial charge in [0.15, 0.2) is 0 Å². The first-order valence-corrected chi connectivity index (χ1v) is 10.6. The molecule has 4 rings (SSSR count). The molecule has 33 heavy (non-hydrogen) atoms. The Morgan fingerprint density at radius 2 is 1.61 bits per heavy atom. The third-order valence-corrected chi connectivity index (χ3v) is 5.28. The Bertz CT molecular complexity index is 1250. The quantitative estimate of drug-likeness (QED) is 0.405. The Balaban J connectivity index is 1.77. The van der Waals surface area contributed by atoms with Crippen molar-refractivity contribution in [3.63, 3.8) is 0 Å². The van der Waals surface area contributed by atoms with Gasteiger partial charge in [0.2, 0.25) is 0 Å². The third-order valence-electron chi connectivity index (χ3n) is 5.28. The summed E-state index contributed by atoms with van der Waals surface area (Å²) in [6.45, 7) is 2.56. The Labute approximate surface area is 191 Å². The number of anilines is 2. The number of carboxylic acid groups (broad SMARTS) is 1. The number of carbonyl (C=O) groups is 3. The van der Waals surface area contributed by atoms with Crippen molar-refractivity contribution >= 4 is 40.4 Å². The van der Waals surface area contributed by atoms with E-state index in [0.717, 1.165) is 12.0 Å². The highest BCUT2D eigenvalue weighted by Crippen LogP contribution is 2.38. The summed E-state index contributed by atoms with van der Waals surface area (Å²) in [6.07, 6.45) is 0.833. The molecule has 7 nitrogen and oxygen atoms in total. The van der Waals surface area contributed by atoms with E-state index in [0.29, 0.717) is 40.3 Å². The Hall–Kier alpha value is -4.39. The van der Waals surface area contributed by atoms with Gasteiger partial charge in [-0.2, -0.15) is 0 Å². The Kier molecular flexibility index (Phi) is 6.22. The standard InChI is InChI=1S/C26H23N3O4/c1-2-14-27-24(30)18-10-13-20-21(15-18)29-25(31)22(20)23(16-6-4-3-5-7-16)28-19-11-8-17(9-12-19)26(32)33/h3-13,15,28H,2,14H2,1H3,(H,27,30)(H,29,31)(H,32,33)/b23-22-. The maximum Gasteiger partial charge on any atom is 0.335 e. The van der Waals surface area contributed by atoms with Crippen LogP contribution in [0.5, 0.6) is 0 Å². The number of fused-ring (bicyclic) bond motifs is 1. The summed E-state index contributed by atoms with van der Waals surface area (Å²) in [5.74, 6) is -1.48. The van der Waals surface area contributed by atoms with Gasteiger partial charge in [0.1, 0.15) is 0 Å². The number of hydrogen-bond acceptors (Lipinski definition) is 4. The fraction of sp³-hybridized carbons (Fsp3) is 0.115. The maximum atomic E-state index is 13.0. The second kappa shape index (κ2) is 9.40. The van der Waals surface area contributed by atoms with Gasteiger partial charge in [-0.1, -0.05) is 43.3 Å². The zero-order valence-electron chi connectivity index (χ0n) is 18.0. The van der Waals surface area contributed by atoms with E-state index in [9.17, 15) is 14.4 Å². The molecular weight excluding hydrogens is 418 g/mol. The van der Waals surface area contributed by atoms with E-state index in [1.54, 1.807) is 30.3 Å². The van der Waals surface area contributed by atoms with Crippen molar-refractivity contribution < 1.29 is 19.5 Å². The fourth-order valence-corrected chi connectivity index (χ4v) is 3.63. The van der Waals surface area contributed by atoms with Crippen molar-refractivity contribution in [2.24, 2.45) is 0 Å². The minimum absolute atomic E-state index is 0.173. The van der Waals surface area contributed by atoms with E-state index >= 15 is 0 Å². The van der Waals surface area contributed by atoms with E-state index in [1.165, 1.54) is 12.1 Å². The van der Waals surface area contributed by atoms with Crippen LogP contribution in [0.4, 0.5) is 11.4 Å². The molecule has 0 unspecified atom stereocenters. The van der Waals surface area contributed by atoms with Crippen molar-refractivity contribution in [3.8, 4) is 0 Å². The van der Waals surface area contributed by atoms with Crippen LogP contribution in [0.3, 0.4) is 0 Å². The first-order chi connectivity index (χ1) is 16.0. The van der Waals surface area contributed by atoms with Crippen molar-refractivity contribution in [3.05, 3.63) is 95.1 Å². The first kappa shape index (κ1) is 21.8. The van der Waals surface area contributed by atoms with Crippen molar-refractivity contribution in [1.82, 2.24) is 5.32 Å². The van der Waals surface area contributed by atoms with Gasteiger partial charge in [0.05, 0.1) is 16.8 Å². The fourth-order valence-electron chi connectivity index (χ4n) is 3.63. The van der Waals surface area contributed by atoms with Crippen molar-refractivity contribution in [1.29, 1.82) is 0 Å². The van der Waals surface area contributed by atoms with Crippen molar-refractivity contribution in [2.75, 3.05) is 17.2 Å². The number of benzene rings is 3. The smallest absolute Gasteiger partial charge is 0.335 e. The molecule has 0 spiro atoms. The van der Waals surface area contributed by atoms with Crippen LogP contribution in [0.2, 0.25) is 0 Å². The molecule has 3 aromatic carbocycles. The second-order valence-corrected chi connectivity index (χ2v) is 7.59. The average Bonchev–Trinajstić information content (AvgIpc) is 3.16. The number of amides is 2. The van der Waals surface area contributed by atoms with Crippen LogP contribution in [-0.2, 0) is 4.79 Å². The number of carbonyl (C=O) groups excluding carboxylic acids is 2. The lowest BCUT2D eigenvalue weighted by molar-refractivity contribution is -0.110. The largest absolute Gasteiger partial charge is 0.478 e. The molecule has 1 heterocycles. The minimum atomic E-state index is -1.01. The predicted molar refractivity (Wildman–Crippen MR) is 128 cm³/mol. The zero-order valence-corrected chi connectivity index (χ0v) is 18.0. The number of aromatic carboxylic acids is 1. The van der Waals surface area contributed by atoms with Gasteiger partial charge in [-0.15, -0.1) is 0 Å². The van der Waals surface area contributed by atoms with Crippen LogP contribution >= 0.6 is 0 Å². The molecule has 0 aliphatic carbocycles. The van der Waals surface area contributed by atoms with E-state index < -0.39 is 5.97 Å². The highest BCUT2D eigenvalue weighted by molar-refractivity contribution is 6.37. The van der Waals surface area contributed by atoms with Crippen LogP contribution in [0.15, 0.2) is 72.8 Å². The van der Waals surface area contributed by atoms with Gasteiger partial charge >= 0.3 is 5.97 Å². The summed E-state index contributed by atoms with van der Waals surface area (Å²) in [5.41, 5.74) is 4.36. The van der Waals surface area contributed by atoms with Crippen LogP contribution < -0.4 is 16.0 Å². The molecule has 1 aliphatic heterocycles. The highest BCUT2D eigenvalue weighted by atomic mass is 16.4. The number of nitrogens with one attached hydrogen (secondary N) is 3. The monoisotopic (exact) mass is 441 g/mol. The third kappa shape index (κ3) is 4.62. The van der Waals surface area contributed by atoms with Crippen LogP contribution in [0.1, 0.15) is 45.2 Å². The normalized spacial score (nSPS) is 13.7.